The van der Waals surface area contributed by atoms with E-state index in [4.69, 9.17) is 9.26 Å². The van der Waals surface area contributed by atoms with Gasteiger partial charge in [0, 0.05) is 32.0 Å². The van der Waals surface area contributed by atoms with Gasteiger partial charge >= 0.3 is 0 Å². The summed E-state index contributed by atoms with van der Waals surface area (Å²) in [6, 6.07) is 0. The quantitative estimate of drug-likeness (QED) is 0.843. The third kappa shape index (κ3) is 1.92. The summed E-state index contributed by atoms with van der Waals surface area (Å²) in [7, 11) is 1.84. The molecule has 3 heterocycles. The van der Waals surface area contributed by atoms with Gasteiger partial charge < -0.3 is 14.2 Å². The molecular weight excluding hydrogens is 268 g/mol. The molecule has 3 atom stereocenters. The minimum absolute atomic E-state index is 0.406. The van der Waals surface area contributed by atoms with E-state index in [2.05, 4.69) is 20.0 Å². The van der Waals surface area contributed by atoms with Crippen molar-refractivity contribution in [2.75, 3.05) is 25.1 Å². The second kappa shape index (κ2) is 4.66. The number of piperidine rings is 1. The number of fused-ring (bicyclic) bond motifs is 3. The molecule has 0 radical (unpaired) electrons. The molecule has 6 heteroatoms. The molecule has 0 spiro atoms. The van der Waals surface area contributed by atoms with Gasteiger partial charge in [-0.3, -0.25) is 0 Å². The maximum Gasteiger partial charge on any atom is 0.263 e. The van der Waals surface area contributed by atoms with Crippen LogP contribution in [0.2, 0.25) is 0 Å². The highest BCUT2D eigenvalue weighted by molar-refractivity contribution is 5.88. The summed E-state index contributed by atoms with van der Waals surface area (Å²) in [4.78, 5) is 11.4. The molecule has 1 aliphatic heterocycles. The standard InChI is InChI=1S/C15H20N4O2/c1-8-12-14(16-9(2)17-15(12)21-18-8)19-6-10-4-5-11(7-19)13(10)20-3/h10-11,13H,4-7H2,1-3H3/t10-,11+,13?. The largest absolute Gasteiger partial charge is 0.381 e. The van der Waals surface area contributed by atoms with E-state index in [1.165, 1.54) is 12.8 Å². The van der Waals surface area contributed by atoms with Crippen LogP contribution in [0.5, 0.6) is 0 Å². The molecule has 1 saturated carbocycles. The summed E-state index contributed by atoms with van der Waals surface area (Å²) < 4.78 is 11.0. The topological polar surface area (TPSA) is 64.3 Å². The molecule has 2 aliphatic rings. The lowest BCUT2D eigenvalue weighted by molar-refractivity contribution is 0.0295. The van der Waals surface area contributed by atoms with Gasteiger partial charge in [-0.05, 0) is 26.7 Å². The predicted molar refractivity (Wildman–Crippen MR) is 78.3 cm³/mol. The Labute approximate surface area is 123 Å². The molecule has 0 aromatic carbocycles. The summed E-state index contributed by atoms with van der Waals surface area (Å²) in [5, 5.41) is 5.00. The lowest BCUT2D eigenvalue weighted by atomic mass is 9.94. The van der Waals surface area contributed by atoms with Gasteiger partial charge in [-0.2, -0.15) is 4.98 Å². The van der Waals surface area contributed by atoms with Crippen LogP contribution in [0.4, 0.5) is 5.82 Å². The summed E-state index contributed by atoms with van der Waals surface area (Å²) in [5.74, 6) is 2.90. The molecule has 2 aromatic rings. The number of hydrogen-bond acceptors (Lipinski definition) is 6. The van der Waals surface area contributed by atoms with Crippen LogP contribution in [0.3, 0.4) is 0 Å². The zero-order valence-electron chi connectivity index (χ0n) is 12.7. The first kappa shape index (κ1) is 13.0. The van der Waals surface area contributed by atoms with Crippen LogP contribution in [-0.2, 0) is 4.74 Å². The van der Waals surface area contributed by atoms with E-state index in [1.807, 2.05) is 21.0 Å². The van der Waals surface area contributed by atoms with Gasteiger partial charge in [0.2, 0.25) is 0 Å². The average molecular weight is 288 g/mol. The van der Waals surface area contributed by atoms with Crippen molar-refractivity contribution in [3.8, 4) is 0 Å². The van der Waals surface area contributed by atoms with Crippen molar-refractivity contribution in [2.24, 2.45) is 11.8 Å². The van der Waals surface area contributed by atoms with E-state index < -0.39 is 0 Å². The molecule has 4 rings (SSSR count). The SMILES string of the molecule is COC1[C@@H]2CC[C@H]1CN(c1nc(C)nc3onc(C)c13)C2. The first-order valence-electron chi connectivity index (χ1n) is 7.55. The van der Waals surface area contributed by atoms with Crippen LogP contribution in [0.1, 0.15) is 24.4 Å². The number of methoxy groups -OCH3 is 1. The Morgan fingerprint density at radius 1 is 1.14 bits per heavy atom. The fraction of sp³-hybridized carbons (Fsp3) is 0.667. The van der Waals surface area contributed by atoms with E-state index in [0.717, 1.165) is 35.8 Å². The lowest BCUT2D eigenvalue weighted by Crippen LogP contribution is -2.46. The minimum atomic E-state index is 0.406. The fourth-order valence-electron chi connectivity index (χ4n) is 4.03. The molecule has 1 unspecified atom stereocenters. The maximum absolute atomic E-state index is 5.69. The Morgan fingerprint density at radius 3 is 2.52 bits per heavy atom. The molecule has 21 heavy (non-hydrogen) atoms. The van der Waals surface area contributed by atoms with E-state index >= 15 is 0 Å². The van der Waals surface area contributed by atoms with Crippen LogP contribution in [-0.4, -0.2) is 41.4 Å². The molecule has 2 fully saturated rings. The Kier molecular flexibility index (Phi) is 2.89. The van der Waals surface area contributed by atoms with Crippen LogP contribution in [0.15, 0.2) is 4.52 Å². The number of nitrogens with zero attached hydrogens (tertiary/aromatic N) is 4. The molecule has 1 saturated heterocycles. The summed E-state index contributed by atoms with van der Waals surface area (Å²) in [6.07, 6.45) is 2.90. The van der Waals surface area contributed by atoms with Crippen molar-refractivity contribution in [1.29, 1.82) is 0 Å². The van der Waals surface area contributed by atoms with Gasteiger partial charge in [-0.25, -0.2) is 4.98 Å². The first-order chi connectivity index (χ1) is 10.2. The summed E-state index contributed by atoms with van der Waals surface area (Å²) >= 11 is 0. The van der Waals surface area contributed by atoms with Crippen LogP contribution in [0.25, 0.3) is 11.1 Å². The Bertz CT molecular complexity index is 670. The normalized spacial score (nSPS) is 28.5. The van der Waals surface area contributed by atoms with Gasteiger partial charge in [0.1, 0.15) is 17.0 Å². The van der Waals surface area contributed by atoms with E-state index in [0.29, 0.717) is 23.7 Å². The highest BCUT2D eigenvalue weighted by Crippen LogP contribution is 2.41. The van der Waals surface area contributed by atoms with Crippen molar-refractivity contribution in [2.45, 2.75) is 32.8 Å². The Morgan fingerprint density at radius 2 is 1.86 bits per heavy atom. The van der Waals surface area contributed by atoms with Gasteiger partial charge in [0.25, 0.3) is 5.71 Å². The minimum Gasteiger partial charge on any atom is -0.381 e. The van der Waals surface area contributed by atoms with Gasteiger partial charge in [-0.15, -0.1) is 0 Å². The first-order valence-corrected chi connectivity index (χ1v) is 7.55. The smallest absolute Gasteiger partial charge is 0.263 e. The Hall–Kier alpha value is -1.69. The highest BCUT2D eigenvalue weighted by atomic mass is 16.5. The summed E-state index contributed by atoms with van der Waals surface area (Å²) in [6.45, 7) is 5.83. The molecule has 2 bridgehead atoms. The third-order valence-corrected chi connectivity index (χ3v) is 4.92. The van der Waals surface area contributed by atoms with E-state index in [-0.39, 0.29) is 0 Å². The van der Waals surface area contributed by atoms with Crippen molar-refractivity contribution in [3.63, 3.8) is 0 Å². The zero-order chi connectivity index (χ0) is 14.6. The average Bonchev–Trinajstić information content (AvgIpc) is 2.95. The molecular formula is C15H20N4O2. The Balaban J connectivity index is 1.76. The second-order valence-corrected chi connectivity index (χ2v) is 6.25. The lowest BCUT2D eigenvalue weighted by Gasteiger charge is -2.38. The predicted octanol–water partition coefficient (Wildman–Crippen LogP) is 2.10. The van der Waals surface area contributed by atoms with Crippen LogP contribution in [0, 0.1) is 25.7 Å². The maximum atomic E-state index is 5.69. The van der Waals surface area contributed by atoms with Crippen molar-refractivity contribution in [3.05, 3.63) is 11.5 Å². The fourth-order valence-corrected chi connectivity index (χ4v) is 4.03. The van der Waals surface area contributed by atoms with E-state index in [1.54, 1.807) is 0 Å². The number of hydrogen-bond donors (Lipinski definition) is 0. The van der Waals surface area contributed by atoms with Crippen molar-refractivity contribution >= 4 is 16.9 Å². The molecule has 0 N–H and O–H groups in total. The molecule has 1 aliphatic carbocycles. The highest BCUT2D eigenvalue weighted by Gasteiger charge is 2.43. The van der Waals surface area contributed by atoms with Crippen molar-refractivity contribution < 1.29 is 9.26 Å². The molecule has 0 amide bonds. The number of ether oxygens (including phenoxy) is 1. The van der Waals surface area contributed by atoms with Gasteiger partial charge in [0.05, 0.1) is 11.8 Å². The number of rotatable bonds is 2. The molecule has 6 nitrogen and oxygen atoms in total. The summed E-state index contributed by atoms with van der Waals surface area (Å²) in [5.41, 5.74) is 1.46. The third-order valence-electron chi connectivity index (χ3n) is 4.92. The van der Waals surface area contributed by atoms with Crippen LogP contribution < -0.4 is 4.90 Å². The zero-order valence-corrected chi connectivity index (χ0v) is 12.7. The number of aryl methyl sites for hydroxylation is 2. The second-order valence-electron chi connectivity index (χ2n) is 6.25. The van der Waals surface area contributed by atoms with Crippen molar-refractivity contribution in [1.82, 2.24) is 15.1 Å². The van der Waals surface area contributed by atoms with Gasteiger partial charge in [-0.1, -0.05) is 5.16 Å². The monoisotopic (exact) mass is 288 g/mol. The van der Waals surface area contributed by atoms with E-state index in [9.17, 15) is 0 Å². The van der Waals surface area contributed by atoms with Gasteiger partial charge in [0.15, 0.2) is 0 Å². The number of aromatic nitrogens is 3. The van der Waals surface area contributed by atoms with Crippen LogP contribution >= 0.6 is 0 Å². The molecule has 112 valence electrons. The molecule has 2 aromatic heterocycles. The number of anilines is 1.